The molecule has 0 bridgehead atoms. The lowest BCUT2D eigenvalue weighted by molar-refractivity contribution is 0.0965. The van der Waals surface area contributed by atoms with Crippen molar-refractivity contribution in [1.29, 1.82) is 0 Å². The summed E-state index contributed by atoms with van der Waals surface area (Å²) in [5.74, 6) is 0. The molecule has 0 radical (unpaired) electrons. The van der Waals surface area contributed by atoms with Crippen LogP contribution in [-0.2, 0) is 0 Å². The zero-order valence-corrected chi connectivity index (χ0v) is 12.4. The van der Waals surface area contributed by atoms with Crippen molar-refractivity contribution in [3.8, 4) is 0 Å². The molecule has 3 heteroatoms. The quantitative estimate of drug-likeness (QED) is 0.763. The van der Waals surface area contributed by atoms with E-state index in [1.165, 1.54) is 32.5 Å². The summed E-state index contributed by atoms with van der Waals surface area (Å²) in [4.78, 5) is 5.02. The van der Waals surface area contributed by atoms with Gasteiger partial charge < -0.3 is 15.1 Å². The number of hydrogen-bond acceptors (Lipinski definition) is 3. The van der Waals surface area contributed by atoms with Gasteiger partial charge in [-0.15, -0.1) is 0 Å². The minimum Gasteiger partial charge on any atom is -0.316 e. The van der Waals surface area contributed by atoms with Crippen molar-refractivity contribution >= 4 is 0 Å². The number of nitrogens with zero attached hydrogens (tertiary/aromatic N) is 2. The molecule has 0 spiro atoms. The fourth-order valence-corrected chi connectivity index (χ4v) is 2.72. The van der Waals surface area contributed by atoms with Crippen LogP contribution < -0.4 is 5.32 Å². The Labute approximate surface area is 108 Å². The van der Waals surface area contributed by atoms with Crippen LogP contribution in [0.5, 0.6) is 0 Å². The van der Waals surface area contributed by atoms with Crippen LogP contribution in [0.3, 0.4) is 0 Å². The van der Waals surface area contributed by atoms with Gasteiger partial charge in [0.25, 0.3) is 0 Å². The highest BCUT2D eigenvalue weighted by Crippen LogP contribution is 2.20. The van der Waals surface area contributed by atoms with Gasteiger partial charge in [0, 0.05) is 25.7 Å². The second-order valence-corrected chi connectivity index (χ2v) is 6.44. The molecule has 1 unspecified atom stereocenters. The van der Waals surface area contributed by atoms with Crippen molar-refractivity contribution in [2.24, 2.45) is 5.41 Å². The Bertz CT molecular complexity index is 214. The van der Waals surface area contributed by atoms with Crippen molar-refractivity contribution in [3.63, 3.8) is 0 Å². The average Bonchev–Trinajstić information content (AvgIpc) is 2.26. The van der Waals surface area contributed by atoms with Gasteiger partial charge >= 0.3 is 0 Å². The molecule has 1 aliphatic heterocycles. The number of hydrogen-bond donors (Lipinski definition) is 1. The lowest BCUT2D eigenvalue weighted by Crippen LogP contribution is -2.49. The first kappa shape index (κ1) is 14.9. The van der Waals surface area contributed by atoms with E-state index in [4.69, 9.17) is 0 Å². The van der Waals surface area contributed by atoms with E-state index in [1.807, 2.05) is 0 Å². The van der Waals surface area contributed by atoms with E-state index in [9.17, 15) is 0 Å². The largest absolute Gasteiger partial charge is 0.316 e. The molecule has 1 fully saturated rings. The normalized spacial score (nSPS) is 23.3. The number of likely N-dealkylation sites (tertiary alicyclic amines) is 1. The van der Waals surface area contributed by atoms with Crippen molar-refractivity contribution in [2.45, 2.75) is 39.7 Å². The smallest absolute Gasteiger partial charge is 0.0217 e. The van der Waals surface area contributed by atoms with Crippen molar-refractivity contribution in [1.82, 2.24) is 15.1 Å². The first-order valence-corrected chi connectivity index (χ1v) is 7.04. The summed E-state index contributed by atoms with van der Waals surface area (Å²) < 4.78 is 0. The lowest BCUT2D eigenvalue weighted by Gasteiger charge is -2.40. The van der Waals surface area contributed by atoms with Gasteiger partial charge in [0.15, 0.2) is 0 Å². The number of likely N-dealkylation sites (N-methyl/N-ethyl adjacent to an activating group) is 1. The molecule has 102 valence electrons. The molecular weight excluding hydrogens is 210 g/mol. The molecule has 1 N–H and O–H groups in total. The SMILES string of the molecule is CCNCC(C)(C)CN1CCCC(N(C)C)C1. The van der Waals surface area contributed by atoms with Gasteiger partial charge in [-0.3, -0.25) is 0 Å². The van der Waals surface area contributed by atoms with E-state index >= 15 is 0 Å². The Balaban J connectivity index is 2.39. The Kier molecular flexibility index (Phi) is 5.90. The van der Waals surface area contributed by atoms with E-state index in [-0.39, 0.29) is 0 Å². The molecule has 1 atom stereocenters. The van der Waals surface area contributed by atoms with Gasteiger partial charge in [-0.2, -0.15) is 0 Å². The van der Waals surface area contributed by atoms with Gasteiger partial charge in [-0.05, 0) is 45.4 Å². The zero-order valence-electron chi connectivity index (χ0n) is 12.4. The molecule has 1 rings (SSSR count). The molecule has 1 saturated heterocycles. The van der Waals surface area contributed by atoms with Gasteiger partial charge in [-0.1, -0.05) is 20.8 Å². The number of piperidine rings is 1. The van der Waals surface area contributed by atoms with Crippen LogP contribution in [0.25, 0.3) is 0 Å². The van der Waals surface area contributed by atoms with Crippen LogP contribution in [0.2, 0.25) is 0 Å². The molecule has 0 aliphatic carbocycles. The van der Waals surface area contributed by atoms with Crippen molar-refractivity contribution in [2.75, 3.05) is 46.8 Å². The van der Waals surface area contributed by atoms with Crippen LogP contribution >= 0.6 is 0 Å². The van der Waals surface area contributed by atoms with Gasteiger partial charge in [-0.25, -0.2) is 0 Å². The highest BCUT2D eigenvalue weighted by Gasteiger charge is 2.26. The molecule has 1 aliphatic rings. The molecule has 1 heterocycles. The van der Waals surface area contributed by atoms with E-state index in [1.54, 1.807) is 0 Å². The topological polar surface area (TPSA) is 18.5 Å². The summed E-state index contributed by atoms with van der Waals surface area (Å²) >= 11 is 0. The summed E-state index contributed by atoms with van der Waals surface area (Å²) in [6, 6.07) is 0.749. The maximum atomic E-state index is 3.48. The predicted octanol–water partition coefficient (Wildman–Crippen LogP) is 1.65. The van der Waals surface area contributed by atoms with Crippen LogP contribution in [-0.4, -0.2) is 62.7 Å². The Morgan fingerprint density at radius 3 is 2.65 bits per heavy atom. The van der Waals surface area contributed by atoms with E-state index < -0.39 is 0 Å². The second kappa shape index (κ2) is 6.72. The van der Waals surface area contributed by atoms with Crippen LogP contribution in [0.15, 0.2) is 0 Å². The zero-order chi connectivity index (χ0) is 12.9. The molecule has 0 aromatic rings. The molecule has 17 heavy (non-hydrogen) atoms. The van der Waals surface area contributed by atoms with Crippen molar-refractivity contribution < 1.29 is 0 Å². The third-order valence-corrected chi connectivity index (χ3v) is 3.72. The highest BCUT2D eigenvalue weighted by atomic mass is 15.2. The lowest BCUT2D eigenvalue weighted by atomic mass is 9.91. The van der Waals surface area contributed by atoms with E-state index in [0.717, 1.165) is 19.1 Å². The summed E-state index contributed by atoms with van der Waals surface area (Å²) in [5.41, 5.74) is 0.379. The Morgan fingerprint density at radius 1 is 1.35 bits per heavy atom. The van der Waals surface area contributed by atoms with Crippen molar-refractivity contribution in [3.05, 3.63) is 0 Å². The minimum atomic E-state index is 0.379. The third-order valence-electron chi connectivity index (χ3n) is 3.72. The Morgan fingerprint density at radius 2 is 2.06 bits per heavy atom. The summed E-state index contributed by atoms with van der Waals surface area (Å²) in [7, 11) is 4.41. The predicted molar refractivity (Wildman–Crippen MR) is 75.5 cm³/mol. The summed E-state index contributed by atoms with van der Waals surface area (Å²) in [6.07, 6.45) is 2.71. The van der Waals surface area contributed by atoms with Crippen LogP contribution in [0.4, 0.5) is 0 Å². The molecule has 0 aromatic carbocycles. The van der Waals surface area contributed by atoms with Gasteiger partial charge in [0.2, 0.25) is 0 Å². The number of nitrogens with one attached hydrogen (secondary N) is 1. The maximum absolute atomic E-state index is 3.48. The molecule has 0 aromatic heterocycles. The molecule has 0 saturated carbocycles. The summed E-state index contributed by atoms with van der Waals surface area (Å²) in [5, 5.41) is 3.48. The van der Waals surface area contributed by atoms with Crippen LogP contribution in [0.1, 0.15) is 33.6 Å². The first-order chi connectivity index (χ1) is 7.94. The molecule has 3 nitrogen and oxygen atoms in total. The van der Waals surface area contributed by atoms with E-state index in [2.05, 4.69) is 50.0 Å². The van der Waals surface area contributed by atoms with E-state index in [0.29, 0.717) is 5.41 Å². The minimum absolute atomic E-state index is 0.379. The second-order valence-electron chi connectivity index (χ2n) is 6.44. The monoisotopic (exact) mass is 241 g/mol. The fourth-order valence-electron chi connectivity index (χ4n) is 2.72. The van der Waals surface area contributed by atoms with Crippen LogP contribution in [0, 0.1) is 5.41 Å². The third kappa shape index (κ3) is 5.36. The maximum Gasteiger partial charge on any atom is 0.0217 e. The highest BCUT2D eigenvalue weighted by molar-refractivity contribution is 4.83. The van der Waals surface area contributed by atoms with Gasteiger partial charge in [0.05, 0.1) is 0 Å². The standard InChI is InChI=1S/C14H31N3/c1-6-15-11-14(2,3)12-17-9-7-8-13(10-17)16(4)5/h13,15H,6-12H2,1-5H3. The average molecular weight is 241 g/mol. The Hall–Kier alpha value is -0.120. The van der Waals surface area contributed by atoms with Gasteiger partial charge in [0.1, 0.15) is 0 Å². The fraction of sp³-hybridized carbons (Fsp3) is 1.00. The molecule has 0 amide bonds. The first-order valence-electron chi connectivity index (χ1n) is 7.04. The number of rotatable bonds is 6. The molecular formula is C14H31N3. The summed E-state index contributed by atoms with van der Waals surface area (Å²) in [6.45, 7) is 12.8.